The Balaban J connectivity index is 1.87. The minimum atomic E-state index is -0.702. The molecule has 8 heteroatoms. The van der Waals surface area contributed by atoms with Gasteiger partial charge in [0.1, 0.15) is 17.1 Å². The third kappa shape index (κ3) is 4.34. The Bertz CT molecular complexity index is 1150. The highest BCUT2D eigenvalue weighted by Crippen LogP contribution is 2.30. The van der Waals surface area contributed by atoms with E-state index in [1.807, 2.05) is 0 Å². The molecule has 2 aromatic carbocycles. The molecule has 28 heavy (non-hydrogen) atoms. The lowest BCUT2D eigenvalue weighted by molar-refractivity contribution is -0.136. The predicted molar refractivity (Wildman–Crippen MR) is 110 cm³/mol. The topological polar surface area (TPSA) is 82.8 Å². The lowest BCUT2D eigenvalue weighted by Crippen LogP contribution is -2.19. The van der Waals surface area contributed by atoms with Crippen LogP contribution >= 0.6 is 31.9 Å². The Morgan fingerprint density at radius 3 is 2.46 bits per heavy atom. The van der Waals surface area contributed by atoms with Crippen molar-refractivity contribution in [2.45, 2.75) is 13.8 Å². The number of carbonyl (C=O) groups excluding carboxylic acids is 2. The fraction of sp³-hybridized carbons (Fsp3) is 0.150. The molecule has 0 aliphatic rings. The van der Waals surface area contributed by atoms with Crippen molar-refractivity contribution in [3.8, 4) is 11.5 Å². The number of ether oxygens (including phenoxy) is 2. The molecule has 0 aliphatic heterocycles. The van der Waals surface area contributed by atoms with Crippen LogP contribution in [0.5, 0.6) is 11.5 Å². The maximum Gasteiger partial charge on any atom is 0.349 e. The number of ketones is 1. The molecule has 0 unspecified atom stereocenters. The molecule has 3 rings (SSSR count). The molecule has 0 atom stereocenters. The van der Waals surface area contributed by atoms with Gasteiger partial charge in [0.2, 0.25) is 0 Å². The van der Waals surface area contributed by atoms with Crippen LogP contribution in [-0.4, -0.2) is 18.4 Å². The average Bonchev–Trinajstić information content (AvgIpc) is 2.60. The highest BCUT2D eigenvalue weighted by Gasteiger charge is 2.20. The van der Waals surface area contributed by atoms with E-state index in [1.165, 1.54) is 19.1 Å². The van der Waals surface area contributed by atoms with E-state index >= 15 is 0 Å². The van der Waals surface area contributed by atoms with Gasteiger partial charge in [-0.15, -0.1) is 0 Å². The molecule has 0 N–H and O–H groups in total. The first-order valence-corrected chi connectivity index (χ1v) is 9.72. The van der Waals surface area contributed by atoms with Crippen molar-refractivity contribution in [2.75, 3.05) is 6.61 Å². The smallest absolute Gasteiger partial charge is 0.349 e. The van der Waals surface area contributed by atoms with Crippen molar-refractivity contribution in [1.29, 1.82) is 0 Å². The first-order chi connectivity index (χ1) is 13.3. The largest absolute Gasteiger partial charge is 0.481 e. The standard InChI is InChI=1S/C20H14Br2O6/c1-10-7-17(24)28-20-13(10)4-6-16(19(20)11(2)23)27-18(25)9-26-15-5-3-12(21)8-14(15)22/h3-8H,9H2,1-2H3. The van der Waals surface area contributed by atoms with Crippen LogP contribution in [0, 0.1) is 6.92 Å². The van der Waals surface area contributed by atoms with Crippen molar-refractivity contribution in [2.24, 2.45) is 0 Å². The van der Waals surface area contributed by atoms with Crippen LogP contribution in [-0.2, 0) is 4.79 Å². The molecule has 144 valence electrons. The highest BCUT2D eigenvalue weighted by molar-refractivity contribution is 9.11. The molecule has 3 aromatic rings. The molecule has 0 fully saturated rings. The van der Waals surface area contributed by atoms with Gasteiger partial charge in [0, 0.05) is 15.9 Å². The van der Waals surface area contributed by atoms with Crippen LogP contribution in [0.3, 0.4) is 0 Å². The van der Waals surface area contributed by atoms with Crippen LogP contribution in [0.4, 0.5) is 0 Å². The zero-order chi connectivity index (χ0) is 20.4. The van der Waals surface area contributed by atoms with Gasteiger partial charge < -0.3 is 13.9 Å². The molecule has 0 amide bonds. The van der Waals surface area contributed by atoms with Crippen LogP contribution < -0.4 is 15.1 Å². The number of esters is 1. The quantitative estimate of drug-likeness (QED) is 0.212. The summed E-state index contributed by atoms with van der Waals surface area (Å²) in [5, 5.41) is 0.597. The van der Waals surface area contributed by atoms with Gasteiger partial charge in [-0.2, -0.15) is 0 Å². The Hall–Kier alpha value is -2.45. The molecule has 1 heterocycles. The van der Waals surface area contributed by atoms with Crippen molar-refractivity contribution in [3.05, 3.63) is 66.9 Å². The Morgan fingerprint density at radius 1 is 1.07 bits per heavy atom. The highest BCUT2D eigenvalue weighted by atomic mass is 79.9. The average molecular weight is 510 g/mol. The van der Waals surface area contributed by atoms with Gasteiger partial charge in [0.15, 0.2) is 18.0 Å². The first-order valence-electron chi connectivity index (χ1n) is 8.13. The third-order valence-corrected chi connectivity index (χ3v) is 5.01. The molecule has 0 bridgehead atoms. The third-order valence-electron chi connectivity index (χ3n) is 3.90. The molecule has 6 nitrogen and oxygen atoms in total. The van der Waals surface area contributed by atoms with Gasteiger partial charge in [-0.25, -0.2) is 9.59 Å². The number of Topliss-reactive ketones (excluding diaryl/α,β-unsaturated/α-hetero) is 1. The monoisotopic (exact) mass is 508 g/mol. The molecule has 1 aromatic heterocycles. The second-order valence-electron chi connectivity index (χ2n) is 5.96. The van der Waals surface area contributed by atoms with Crippen molar-refractivity contribution in [1.82, 2.24) is 0 Å². The number of rotatable bonds is 5. The zero-order valence-corrected chi connectivity index (χ0v) is 18.0. The number of benzene rings is 2. The summed E-state index contributed by atoms with van der Waals surface area (Å²) in [6.45, 7) is 2.68. The van der Waals surface area contributed by atoms with Gasteiger partial charge in [0.25, 0.3) is 0 Å². The normalized spacial score (nSPS) is 10.7. The van der Waals surface area contributed by atoms with E-state index in [9.17, 15) is 14.4 Å². The number of carbonyl (C=O) groups is 2. The summed E-state index contributed by atoms with van der Waals surface area (Å²) in [7, 11) is 0. The fourth-order valence-corrected chi connectivity index (χ4v) is 3.83. The summed E-state index contributed by atoms with van der Waals surface area (Å²) < 4.78 is 17.5. The molecule has 0 saturated carbocycles. The zero-order valence-electron chi connectivity index (χ0n) is 14.9. The predicted octanol–water partition coefficient (Wildman–Crippen LogP) is 4.81. The minimum absolute atomic E-state index is 0.0113. The molecular weight excluding hydrogens is 496 g/mol. The molecule has 0 saturated heterocycles. The number of hydrogen-bond donors (Lipinski definition) is 0. The van der Waals surface area contributed by atoms with E-state index in [0.29, 0.717) is 21.2 Å². The summed E-state index contributed by atoms with van der Waals surface area (Å²) in [5.41, 5.74) is 0.213. The van der Waals surface area contributed by atoms with E-state index in [-0.39, 0.29) is 23.5 Å². The summed E-state index contributed by atoms with van der Waals surface area (Å²) in [6, 6.07) is 9.71. The SMILES string of the molecule is CC(=O)c1c(OC(=O)COc2ccc(Br)cc2Br)ccc2c(C)cc(=O)oc12. The summed E-state index contributed by atoms with van der Waals surface area (Å²) in [6.07, 6.45) is 0. The second-order valence-corrected chi connectivity index (χ2v) is 7.73. The van der Waals surface area contributed by atoms with Crippen molar-refractivity contribution >= 4 is 54.6 Å². The molecule has 0 aliphatic carbocycles. The summed E-state index contributed by atoms with van der Waals surface area (Å²) >= 11 is 6.67. The minimum Gasteiger partial charge on any atom is -0.481 e. The van der Waals surface area contributed by atoms with E-state index < -0.39 is 17.4 Å². The molecule has 0 radical (unpaired) electrons. The number of hydrogen-bond acceptors (Lipinski definition) is 6. The lowest BCUT2D eigenvalue weighted by Gasteiger charge is -2.12. The van der Waals surface area contributed by atoms with Gasteiger partial charge in [-0.1, -0.05) is 15.9 Å². The number of aryl methyl sites for hydroxylation is 1. The van der Waals surface area contributed by atoms with E-state index in [2.05, 4.69) is 31.9 Å². The van der Waals surface area contributed by atoms with Crippen LogP contribution in [0.25, 0.3) is 11.0 Å². The fourth-order valence-electron chi connectivity index (χ4n) is 2.67. The van der Waals surface area contributed by atoms with Gasteiger partial charge >= 0.3 is 11.6 Å². The Kier molecular flexibility index (Phi) is 6.00. The number of fused-ring (bicyclic) bond motifs is 1. The van der Waals surface area contributed by atoms with Gasteiger partial charge in [-0.05, 0) is 65.7 Å². The van der Waals surface area contributed by atoms with E-state index in [0.717, 1.165) is 4.47 Å². The maximum atomic E-state index is 12.2. The van der Waals surface area contributed by atoms with Crippen molar-refractivity contribution in [3.63, 3.8) is 0 Å². The van der Waals surface area contributed by atoms with Gasteiger partial charge in [0.05, 0.1) is 4.47 Å². The van der Waals surface area contributed by atoms with Crippen LogP contribution in [0.2, 0.25) is 0 Å². The van der Waals surface area contributed by atoms with Crippen molar-refractivity contribution < 1.29 is 23.5 Å². The van der Waals surface area contributed by atoms with Gasteiger partial charge in [-0.3, -0.25) is 4.79 Å². The maximum absolute atomic E-state index is 12.2. The van der Waals surface area contributed by atoms with Crippen LogP contribution in [0.1, 0.15) is 22.8 Å². The molecule has 0 spiro atoms. The lowest BCUT2D eigenvalue weighted by atomic mass is 10.0. The Morgan fingerprint density at radius 2 is 1.79 bits per heavy atom. The van der Waals surface area contributed by atoms with Crippen LogP contribution in [0.15, 0.2) is 54.6 Å². The number of halogens is 2. The second kappa shape index (κ2) is 8.28. The van der Waals surface area contributed by atoms with E-state index in [1.54, 1.807) is 31.2 Å². The Labute approximate surface area is 176 Å². The summed E-state index contributed by atoms with van der Waals surface area (Å²) in [4.78, 5) is 36.1. The molecular formula is C20H14Br2O6. The summed E-state index contributed by atoms with van der Waals surface area (Å²) in [5.74, 6) is -0.616. The first kappa shape index (κ1) is 20.3. The van der Waals surface area contributed by atoms with E-state index in [4.69, 9.17) is 13.9 Å².